The topological polar surface area (TPSA) is 38.9 Å². The molecule has 3 aromatic rings. The van der Waals surface area contributed by atoms with Gasteiger partial charge in [-0.2, -0.15) is 0 Å². The number of nitrogens with two attached hydrogens (primary N) is 1. The van der Waals surface area contributed by atoms with E-state index in [4.69, 9.17) is 5.73 Å². The van der Waals surface area contributed by atoms with E-state index in [1.165, 1.54) is 20.7 Å². The molecule has 2 N–H and O–H groups in total. The van der Waals surface area contributed by atoms with E-state index in [0.717, 1.165) is 5.52 Å². The Morgan fingerprint density at radius 1 is 1.12 bits per heavy atom. The van der Waals surface area contributed by atoms with Gasteiger partial charge in [-0.25, -0.2) is 0 Å². The molecule has 0 aliphatic heterocycles. The lowest BCUT2D eigenvalue weighted by molar-refractivity contribution is 1.11. The molecule has 0 unspecified atom stereocenters. The van der Waals surface area contributed by atoms with Crippen molar-refractivity contribution in [3.05, 3.63) is 53.5 Å². The average molecular weight is 240 g/mol. The molecule has 0 fully saturated rings. The van der Waals surface area contributed by atoms with Gasteiger partial charge < -0.3 is 5.73 Å². The molecule has 0 bridgehead atoms. The van der Waals surface area contributed by atoms with Crippen molar-refractivity contribution in [1.82, 2.24) is 4.98 Å². The smallest absolute Gasteiger partial charge is 0.0702 e. The second kappa shape index (κ2) is 4.28. The average Bonchev–Trinajstić information content (AvgIpc) is 2.87. The lowest BCUT2D eigenvalue weighted by Crippen LogP contribution is -1.90. The lowest BCUT2D eigenvalue weighted by Gasteiger charge is -2.00. The predicted octanol–water partition coefficient (Wildman–Crippen LogP) is 3.42. The summed E-state index contributed by atoms with van der Waals surface area (Å²) >= 11 is 1.75. The SMILES string of the molecule is NCc1ccc(-c2ccc3ncccc3c2)s1. The van der Waals surface area contributed by atoms with Crippen molar-refractivity contribution in [3.8, 4) is 10.4 Å². The largest absolute Gasteiger partial charge is 0.326 e. The predicted molar refractivity (Wildman–Crippen MR) is 72.9 cm³/mol. The second-order valence-electron chi connectivity index (χ2n) is 3.88. The quantitative estimate of drug-likeness (QED) is 0.745. The van der Waals surface area contributed by atoms with Gasteiger partial charge in [0, 0.05) is 27.9 Å². The van der Waals surface area contributed by atoms with Crippen molar-refractivity contribution in [1.29, 1.82) is 0 Å². The molecule has 3 heteroatoms. The highest BCUT2D eigenvalue weighted by Gasteiger charge is 2.03. The Balaban J connectivity index is 2.11. The molecule has 0 saturated carbocycles. The number of rotatable bonds is 2. The van der Waals surface area contributed by atoms with Crippen LogP contribution < -0.4 is 5.73 Å². The van der Waals surface area contributed by atoms with Crippen LogP contribution in [0.15, 0.2) is 48.7 Å². The van der Waals surface area contributed by atoms with Gasteiger partial charge in [0.1, 0.15) is 0 Å². The Kier molecular flexibility index (Phi) is 2.63. The third-order valence-electron chi connectivity index (χ3n) is 2.75. The summed E-state index contributed by atoms with van der Waals surface area (Å²) in [6.45, 7) is 0.611. The van der Waals surface area contributed by atoms with Crippen LogP contribution >= 0.6 is 11.3 Å². The third-order valence-corrected chi connectivity index (χ3v) is 3.91. The van der Waals surface area contributed by atoms with Gasteiger partial charge in [-0.15, -0.1) is 11.3 Å². The fraction of sp³-hybridized carbons (Fsp3) is 0.0714. The number of benzene rings is 1. The van der Waals surface area contributed by atoms with Crippen molar-refractivity contribution in [2.75, 3.05) is 0 Å². The van der Waals surface area contributed by atoms with Gasteiger partial charge in [0.05, 0.1) is 5.52 Å². The Hall–Kier alpha value is -1.71. The van der Waals surface area contributed by atoms with Crippen LogP contribution in [0.2, 0.25) is 0 Å². The number of nitrogens with zero attached hydrogens (tertiary/aromatic N) is 1. The minimum Gasteiger partial charge on any atom is -0.326 e. The van der Waals surface area contributed by atoms with Crippen molar-refractivity contribution in [3.63, 3.8) is 0 Å². The highest BCUT2D eigenvalue weighted by Crippen LogP contribution is 2.29. The first kappa shape index (κ1) is 10.4. The van der Waals surface area contributed by atoms with E-state index >= 15 is 0 Å². The van der Waals surface area contributed by atoms with E-state index in [2.05, 4.69) is 41.4 Å². The van der Waals surface area contributed by atoms with Crippen molar-refractivity contribution >= 4 is 22.2 Å². The highest BCUT2D eigenvalue weighted by atomic mass is 32.1. The molecule has 17 heavy (non-hydrogen) atoms. The van der Waals surface area contributed by atoms with E-state index in [0.29, 0.717) is 6.54 Å². The molecular formula is C14H12N2S. The van der Waals surface area contributed by atoms with Crippen LogP contribution in [-0.2, 0) is 6.54 Å². The van der Waals surface area contributed by atoms with Crippen molar-refractivity contribution in [2.24, 2.45) is 5.73 Å². The number of thiophene rings is 1. The first-order valence-corrected chi connectivity index (χ1v) is 6.32. The van der Waals surface area contributed by atoms with Crippen molar-refractivity contribution < 1.29 is 0 Å². The van der Waals surface area contributed by atoms with E-state index in [1.807, 2.05) is 12.3 Å². The molecule has 1 aromatic carbocycles. The maximum atomic E-state index is 5.63. The van der Waals surface area contributed by atoms with E-state index < -0.39 is 0 Å². The van der Waals surface area contributed by atoms with E-state index in [9.17, 15) is 0 Å². The highest BCUT2D eigenvalue weighted by molar-refractivity contribution is 7.15. The molecule has 3 rings (SSSR count). The summed E-state index contributed by atoms with van der Waals surface area (Å²) in [5, 5.41) is 1.17. The number of fused-ring (bicyclic) bond motifs is 1. The summed E-state index contributed by atoms with van der Waals surface area (Å²) in [7, 11) is 0. The molecule has 2 aromatic heterocycles. The molecule has 0 saturated heterocycles. The minimum absolute atomic E-state index is 0.611. The molecule has 0 radical (unpaired) electrons. The van der Waals surface area contributed by atoms with Crippen LogP contribution in [0.4, 0.5) is 0 Å². The Labute approximate surface area is 104 Å². The zero-order valence-electron chi connectivity index (χ0n) is 9.26. The van der Waals surface area contributed by atoms with Gasteiger partial charge in [0.25, 0.3) is 0 Å². The second-order valence-corrected chi connectivity index (χ2v) is 5.05. The van der Waals surface area contributed by atoms with Crippen LogP contribution in [0, 0.1) is 0 Å². The summed E-state index contributed by atoms with van der Waals surface area (Å²) < 4.78 is 0. The van der Waals surface area contributed by atoms with Crippen molar-refractivity contribution in [2.45, 2.75) is 6.54 Å². The maximum Gasteiger partial charge on any atom is 0.0702 e. The van der Waals surface area contributed by atoms with Gasteiger partial charge >= 0.3 is 0 Å². The molecule has 0 aliphatic carbocycles. The summed E-state index contributed by atoms with van der Waals surface area (Å²) in [5.41, 5.74) is 7.90. The molecule has 84 valence electrons. The van der Waals surface area contributed by atoms with Crippen LogP contribution in [0.25, 0.3) is 21.3 Å². The van der Waals surface area contributed by atoms with Crippen LogP contribution in [0.3, 0.4) is 0 Å². The standard InChI is InChI=1S/C14H12N2S/c15-9-12-4-6-14(17-12)11-3-5-13-10(8-11)2-1-7-16-13/h1-8H,9,15H2. The molecule has 0 spiro atoms. The Morgan fingerprint density at radius 2 is 2.06 bits per heavy atom. The molecular weight excluding hydrogens is 228 g/mol. The zero-order chi connectivity index (χ0) is 11.7. The third kappa shape index (κ3) is 1.95. The maximum absolute atomic E-state index is 5.63. The molecule has 0 amide bonds. The fourth-order valence-corrected chi connectivity index (χ4v) is 2.75. The summed E-state index contributed by atoms with van der Waals surface area (Å²) in [5.74, 6) is 0. The zero-order valence-corrected chi connectivity index (χ0v) is 10.1. The monoisotopic (exact) mass is 240 g/mol. The van der Waals surface area contributed by atoms with Crippen LogP contribution in [0.1, 0.15) is 4.88 Å². The lowest BCUT2D eigenvalue weighted by atomic mass is 10.1. The van der Waals surface area contributed by atoms with Gasteiger partial charge in [-0.05, 0) is 35.9 Å². The Morgan fingerprint density at radius 3 is 2.88 bits per heavy atom. The summed E-state index contributed by atoms with van der Waals surface area (Å²) in [4.78, 5) is 6.80. The molecule has 0 atom stereocenters. The number of aromatic nitrogens is 1. The molecule has 2 heterocycles. The number of hydrogen-bond acceptors (Lipinski definition) is 3. The molecule has 2 nitrogen and oxygen atoms in total. The van der Waals surface area contributed by atoms with Gasteiger partial charge in [0.15, 0.2) is 0 Å². The summed E-state index contributed by atoms with van der Waals surface area (Å²) in [6, 6.07) is 14.6. The van der Waals surface area contributed by atoms with Crippen LogP contribution in [0.5, 0.6) is 0 Å². The minimum atomic E-state index is 0.611. The number of hydrogen-bond donors (Lipinski definition) is 1. The first-order valence-electron chi connectivity index (χ1n) is 5.51. The fourth-order valence-electron chi connectivity index (χ4n) is 1.87. The van der Waals surface area contributed by atoms with E-state index in [-0.39, 0.29) is 0 Å². The van der Waals surface area contributed by atoms with Gasteiger partial charge in [-0.1, -0.05) is 12.1 Å². The first-order chi connectivity index (χ1) is 8.36. The van der Waals surface area contributed by atoms with Gasteiger partial charge in [-0.3, -0.25) is 4.98 Å². The normalized spacial score (nSPS) is 10.9. The Bertz CT molecular complexity index is 658. The van der Waals surface area contributed by atoms with E-state index in [1.54, 1.807) is 11.3 Å². The van der Waals surface area contributed by atoms with Gasteiger partial charge in [0.2, 0.25) is 0 Å². The van der Waals surface area contributed by atoms with Crippen LogP contribution in [-0.4, -0.2) is 4.98 Å². The summed E-state index contributed by atoms with van der Waals surface area (Å²) in [6.07, 6.45) is 1.82. The molecule has 0 aliphatic rings. The number of pyridine rings is 1.